The summed E-state index contributed by atoms with van der Waals surface area (Å²) in [5.41, 5.74) is -1.24. The van der Waals surface area contributed by atoms with E-state index in [1.807, 2.05) is 30.3 Å². The van der Waals surface area contributed by atoms with Gasteiger partial charge in [0.25, 0.3) is 0 Å². The molecule has 0 aliphatic heterocycles. The van der Waals surface area contributed by atoms with Gasteiger partial charge in [-0.05, 0) is 56.0 Å². The highest BCUT2D eigenvalue weighted by atomic mass is 16.5. The SMILES string of the molecule is C=CC(=O)OCCCCCCOc1ccccc1.O=C(O)c1ccc(C(=O)O)c(C(=O)O)c1. The Hall–Kier alpha value is -4.14. The van der Waals surface area contributed by atoms with Crippen molar-refractivity contribution in [1.29, 1.82) is 0 Å². The molecule has 2 aromatic rings. The molecule has 0 bridgehead atoms. The molecule has 176 valence electrons. The van der Waals surface area contributed by atoms with Gasteiger partial charge in [-0.1, -0.05) is 24.8 Å². The first-order chi connectivity index (χ1) is 15.8. The van der Waals surface area contributed by atoms with Crippen LogP contribution in [-0.4, -0.2) is 52.4 Å². The quantitative estimate of drug-likeness (QED) is 0.242. The zero-order valence-electron chi connectivity index (χ0n) is 17.9. The Balaban J connectivity index is 0.000000335. The number of aromatic carboxylic acids is 3. The van der Waals surface area contributed by atoms with E-state index in [1.165, 1.54) is 6.08 Å². The van der Waals surface area contributed by atoms with E-state index in [1.54, 1.807) is 0 Å². The predicted octanol–water partition coefficient (Wildman–Crippen LogP) is 4.14. The number of carboxylic acids is 3. The van der Waals surface area contributed by atoms with Crippen molar-refractivity contribution < 1.29 is 44.0 Å². The van der Waals surface area contributed by atoms with Crippen molar-refractivity contribution >= 4 is 23.9 Å². The third kappa shape index (κ3) is 10.6. The number of ether oxygens (including phenoxy) is 2. The molecule has 0 aromatic heterocycles. The monoisotopic (exact) mass is 458 g/mol. The van der Waals surface area contributed by atoms with Crippen molar-refractivity contribution in [2.75, 3.05) is 13.2 Å². The number of carbonyl (C=O) groups excluding carboxylic acids is 1. The average molecular weight is 458 g/mol. The number of hydrogen-bond acceptors (Lipinski definition) is 6. The van der Waals surface area contributed by atoms with E-state index in [-0.39, 0.29) is 11.5 Å². The molecule has 0 aliphatic rings. The van der Waals surface area contributed by atoms with Crippen LogP contribution in [0.4, 0.5) is 0 Å². The van der Waals surface area contributed by atoms with E-state index < -0.39 is 29.0 Å². The Labute approximate surface area is 190 Å². The van der Waals surface area contributed by atoms with Gasteiger partial charge >= 0.3 is 23.9 Å². The third-order valence-electron chi connectivity index (χ3n) is 4.19. The maximum Gasteiger partial charge on any atom is 0.336 e. The predicted molar refractivity (Wildman–Crippen MR) is 119 cm³/mol. The van der Waals surface area contributed by atoms with E-state index in [2.05, 4.69) is 6.58 Å². The van der Waals surface area contributed by atoms with Crippen LogP contribution in [0.2, 0.25) is 0 Å². The largest absolute Gasteiger partial charge is 0.494 e. The standard InChI is InChI=1S/C15H20O3.C9H6O6/c1-2-15(16)18-13-9-4-3-8-12-17-14-10-6-5-7-11-14;10-7(11)4-1-2-5(8(12)13)6(3-4)9(14)15/h2,5-7,10-11H,1,3-4,8-9,12-13H2;1-3H,(H,10,11)(H,12,13)(H,14,15). The molecule has 0 radical (unpaired) electrons. The highest BCUT2D eigenvalue weighted by molar-refractivity contribution is 6.03. The van der Waals surface area contributed by atoms with Crippen molar-refractivity contribution in [2.24, 2.45) is 0 Å². The summed E-state index contributed by atoms with van der Waals surface area (Å²) in [5.74, 6) is -3.63. The van der Waals surface area contributed by atoms with Crippen LogP contribution in [0.15, 0.2) is 61.2 Å². The molecule has 9 nitrogen and oxygen atoms in total. The van der Waals surface area contributed by atoms with Gasteiger partial charge in [0.1, 0.15) is 5.75 Å². The Morgan fingerprint density at radius 1 is 0.758 bits per heavy atom. The van der Waals surface area contributed by atoms with Crippen molar-refractivity contribution in [3.05, 3.63) is 77.9 Å². The van der Waals surface area contributed by atoms with Crippen molar-refractivity contribution in [3.8, 4) is 5.75 Å². The van der Waals surface area contributed by atoms with Crippen LogP contribution in [0.1, 0.15) is 56.8 Å². The van der Waals surface area contributed by atoms with Crippen LogP contribution in [0.5, 0.6) is 5.75 Å². The summed E-state index contributed by atoms with van der Waals surface area (Å²) in [5, 5.41) is 25.9. The van der Waals surface area contributed by atoms with E-state index in [9.17, 15) is 19.2 Å². The number of hydrogen-bond donors (Lipinski definition) is 3. The van der Waals surface area contributed by atoms with Gasteiger partial charge in [-0.2, -0.15) is 0 Å². The maximum atomic E-state index is 10.7. The normalized spacial score (nSPS) is 9.70. The summed E-state index contributed by atoms with van der Waals surface area (Å²) in [6, 6.07) is 12.6. The molecule has 3 N–H and O–H groups in total. The number of benzene rings is 2. The molecule has 0 saturated heterocycles. The van der Waals surface area contributed by atoms with Crippen molar-refractivity contribution in [2.45, 2.75) is 25.7 Å². The first-order valence-electron chi connectivity index (χ1n) is 10.1. The molecule has 0 aliphatic carbocycles. The molecule has 0 fully saturated rings. The summed E-state index contributed by atoms with van der Waals surface area (Å²) in [6.45, 7) is 4.55. The molecule has 0 spiro atoms. The summed E-state index contributed by atoms with van der Waals surface area (Å²) in [4.78, 5) is 42.5. The van der Waals surface area contributed by atoms with E-state index in [0.29, 0.717) is 6.61 Å². The summed E-state index contributed by atoms with van der Waals surface area (Å²) in [6.07, 6.45) is 5.23. The lowest BCUT2D eigenvalue weighted by Gasteiger charge is -2.05. The topological polar surface area (TPSA) is 147 Å². The van der Waals surface area contributed by atoms with Gasteiger partial charge < -0.3 is 24.8 Å². The van der Waals surface area contributed by atoms with Crippen LogP contribution in [0.3, 0.4) is 0 Å². The smallest absolute Gasteiger partial charge is 0.336 e. The maximum absolute atomic E-state index is 10.7. The molecule has 0 atom stereocenters. The van der Waals surface area contributed by atoms with Gasteiger partial charge in [-0.3, -0.25) is 0 Å². The fourth-order valence-corrected chi connectivity index (χ4v) is 2.54. The molecule has 0 heterocycles. The second kappa shape index (κ2) is 14.8. The van der Waals surface area contributed by atoms with Gasteiger partial charge in [0.15, 0.2) is 0 Å². The minimum Gasteiger partial charge on any atom is -0.494 e. The van der Waals surface area contributed by atoms with Crippen molar-refractivity contribution in [3.63, 3.8) is 0 Å². The lowest BCUT2D eigenvalue weighted by atomic mass is 10.0. The zero-order valence-corrected chi connectivity index (χ0v) is 17.9. The van der Waals surface area contributed by atoms with Crippen LogP contribution in [0.25, 0.3) is 0 Å². The molecular weight excluding hydrogens is 432 g/mol. The lowest BCUT2D eigenvalue weighted by molar-refractivity contribution is -0.137. The van der Waals surface area contributed by atoms with Gasteiger partial charge in [0.05, 0.1) is 29.9 Å². The third-order valence-corrected chi connectivity index (χ3v) is 4.19. The Bertz CT molecular complexity index is 952. The zero-order chi connectivity index (χ0) is 24.6. The van der Waals surface area contributed by atoms with Crippen LogP contribution >= 0.6 is 0 Å². The number of carboxylic acid groups (broad SMARTS) is 3. The molecule has 9 heteroatoms. The lowest BCUT2D eigenvalue weighted by Crippen LogP contribution is -2.10. The van der Waals surface area contributed by atoms with E-state index in [0.717, 1.165) is 56.2 Å². The van der Waals surface area contributed by atoms with Gasteiger partial charge in [-0.25, -0.2) is 19.2 Å². The molecule has 0 saturated carbocycles. The Morgan fingerprint density at radius 2 is 1.36 bits per heavy atom. The van der Waals surface area contributed by atoms with Crippen LogP contribution < -0.4 is 4.74 Å². The number of rotatable bonds is 12. The van der Waals surface area contributed by atoms with E-state index in [4.69, 9.17) is 24.8 Å². The Kier molecular flexibility index (Phi) is 12.1. The second-order valence-electron chi connectivity index (χ2n) is 6.62. The summed E-state index contributed by atoms with van der Waals surface area (Å²) >= 11 is 0. The van der Waals surface area contributed by atoms with Crippen molar-refractivity contribution in [1.82, 2.24) is 0 Å². The minimum absolute atomic E-state index is 0.266. The highest BCUT2D eigenvalue weighted by Crippen LogP contribution is 2.13. The molecular formula is C24H26O9. The Morgan fingerprint density at radius 3 is 1.91 bits per heavy atom. The summed E-state index contributed by atoms with van der Waals surface area (Å²) in [7, 11) is 0. The van der Waals surface area contributed by atoms with Crippen LogP contribution in [0, 0.1) is 0 Å². The number of unbranched alkanes of at least 4 members (excludes halogenated alkanes) is 3. The molecule has 2 aromatic carbocycles. The molecule has 33 heavy (non-hydrogen) atoms. The van der Waals surface area contributed by atoms with Gasteiger partial charge in [0.2, 0.25) is 0 Å². The summed E-state index contributed by atoms with van der Waals surface area (Å²) < 4.78 is 10.4. The fraction of sp³-hybridized carbons (Fsp3) is 0.250. The van der Waals surface area contributed by atoms with Crippen LogP contribution in [-0.2, 0) is 9.53 Å². The number of carbonyl (C=O) groups is 4. The minimum atomic E-state index is -1.48. The second-order valence-corrected chi connectivity index (χ2v) is 6.62. The van der Waals surface area contributed by atoms with Gasteiger partial charge in [-0.15, -0.1) is 0 Å². The van der Waals surface area contributed by atoms with E-state index >= 15 is 0 Å². The average Bonchev–Trinajstić information content (AvgIpc) is 2.81. The fourth-order valence-electron chi connectivity index (χ4n) is 2.54. The molecule has 0 amide bonds. The first-order valence-corrected chi connectivity index (χ1v) is 10.1. The first kappa shape index (κ1) is 26.9. The van der Waals surface area contributed by atoms with Gasteiger partial charge in [0, 0.05) is 6.08 Å². The number of para-hydroxylation sites is 1. The highest BCUT2D eigenvalue weighted by Gasteiger charge is 2.17. The molecule has 2 rings (SSSR count). The number of esters is 1. The molecule has 0 unspecified atom stereocenters.